The van der Waals surface area contributed by atoms with Crippen LogP contribution in [0.3, 0.4) is 0 Å². The van der Waals surface area contributed by atoms with Crippen molar-refractivity contribution in [1.82, 2.24) is 0 Å². The molecular formula is C15H27N. The standard InChI is InChI=1S/C15H27N/c1-3-15-7-11-5-12(8-15)14(4-10(2)16)13(6-11)9-15/h10-14H,3-9,16H2,1-2H3. The van der Waals surface area contributed by atoms with E-state index in [-0.39, 0.29) is 0 Å². The molecule has 0 saturated heterocycles. The highest BCUT2D eigenvalue weighted by Gasteiger charge is 2.54. The molecule has 0 aromatic rings. The van der Waals surface area contributed by atoms with Crippen LogP contribution in [0.5, 0.6) is 0 Å². The molecule has 0 aliphatic heterocycles. The van der Waals surface area contributed by atoms with Crippen LogP contribution in [0.2, 0.25) is 0 Å². The third kappa shape index (κ3) is 1.63. The van der Waals surface area contributed by atoms with E-state index in [4.69, 9.17) is 5.73 Å². The highest BCUT2D eigenvalue weighted by molar-refractivity contribution is 5.04. The zero-order chi connectivity index (χ0) is 11.3. The van der Waals surface area contributed by atoms with E-state index >= 15 is 0 Å². The first-order chi connectivity index (χ1) is 7.62. The van der Waals surface area contributed by atoms with E-state index in [1.165, 1.54) is 38.5 Å². The van der Waals surface area contributed by atoms with Crippen molar-refractivity contribution in [2.75, 3.05) is 0 Å². The molecular weight excluding hydrogens is 194 g/mol. The monoisotopic (exact) mass is 221 g/mol. The second kappa shape index (κ2) is 3.73. The molecule has 3 unspecified atom stereocenters. The zero-order valence-electron chi connectivity index (χ0n) is 10.9. The van der Waals surface area contributed by atoms with Gasteiger partial charge in [0.2, 0.25) is 0 Å². The molecule has 0 amide bonds. The van der Waals surface area contributed by atoms with Gasteiger partial charge in [0, 0.05) is 6.04 Å². The predicted octanol–water partition coefficient (Wildman–Crippen LogP) is 3.58. The number of hydrogen-bond donors (Lipinski definition) is 1. The molecule has 1 heteroatoms. The van der Waals surface area contributed by atoms with Crippen molar-refractivity contribution in [2.24, 2.45) is 34.8 Å². The third-order valence-corrected chi connectivity index (χ3v) is 5.99. The minimum Gasteiger partial charge on any atom is -0.328 e. The van der Waals surface area contributed by atoms with Crippen molar-refractivity contribution >= 4 is 0 Å². The Kier molecular flexibility index (Phi) is 2.58. The molecule has 4 fully saturated rings. The van der Waals surface area contributed by atoms with Crippen molar-refractivity contribution in [3.63, 3.8) is 0 Å². The molecule has 0 radical (unpaired) electrons. The quantitative estimate of drug-likeness (QED) is 0.774. The van der Waals surface area contributed by atoms with Crippen LogP contribution in [0.4, 0.5) is 0 Å². The van der Waals surface area contributed by atoms with Crippen LogP contribution in [0.1, 0.15) is 58.8 Å². The van der Waals surface area contributed by atoms with Crippen LogP contribution >= 0.6 is 0 Å². The van der Waals surface area contributed by atoms with Gasteiger partial charge in [0.05, 0.1) is 0 Å². The van der Waals surface area contributed by atoms with Crippen LogP contribution < -0.4 is 5.73 Å². The zero-order valence-corrected chi connectivity index (χ0v) is 10.9. The molecule has 2 N–H and O–H groups in total. The smallest absolute Gasteiger partial charge is 0.00133 e. The van der Waals surface area contributed by atoms with Gasteiger partial charge in [0.25, 0.3) is 0 Å². The minimum absolute atomic E-state index is 0.417. The maximum absolute atomic E-state index is 6.04. The molecule has 4 rings (SSSR count). The molecule has 0 aromatic carbocycles. The lowest BCUT2D eigenvalue weighted by atomic mass is 9.45. The molecule has 0 spiro atoms. The van der Waals surface area contributed by atoms with Gasteiger partial charge in [-0.15, -0.1) is 0 Å². The summed E-state index contributed by atoms with van der Waals surface area (Å²) < 4.78 is 0. The summed E-state index contributed by atoms with van der Waals surface area (Å²) in [6, 6.07) is 0.417. The van der Waals surface area contributed by atoms with E-state index in [1.807, 2.05) is 0 Å². The highest BCUT2D eigenvalue weighted by Crippen LogP contribution is 2.64. The fourth-order valence-corrected chi connectivity index (χ4v) is 5.55. The lowest BCUT2D eigenvalue weighted by Gasteiger charge is -2.60. The van der Waals surface area contributed by atoms with Crippen molar-refractivity contribution in [2.45, 2.75) is 64.8 Å². The van der Waals surface area contributed by atoms with Crippen molar-refractivity contribution in [3.8, 4) is 0 Å². The van der Waals surface area contributed by atoms with E-state index < -0.39 is 0 Å². The summed E-state index contributed by atoms with van der Waals surface area (Å²) in [4.78, 5) is 0. The maximum atomic E-state index is 6.04. The first-order valence-corrected chi connectivity index (χ1v) is 7.37. The molecule has 4 bridgehead atoms. The summed E-state index contributed by atoms with van der Waals surface area (Å²) in [6.45, 7) is 4.62. The van der Waals surface area contributed by atoms with Crippen LogP contribution in [0.15, 0.2) is 0 Å². The Morgan fingerprint density at radius 3 is 2.31 bits per heavy atom. The summed E-state index contributed by atoms with van der Waals surface area (Å²) in [5, 5.41) is 0. The Hall–Kier alpha value is -0.0400. The van der Waals surface area contributed by atoms with Crippen molar-refractivity contribution < 1.29 is 0 Å². The largest absolute Gasteiger partial charge is 0.328 e. The topological polar surface area (TPSA) is 26.0 Å². The summed E-state index contributed by atoms with van der Waals surface area (Å²) in [5.74, 6) is 4.15. The molecule has 4 saturated carbocycles. The van der Waals surface area contributed by atoms with Gasteiger partial charge in [-0.25, -0.2) is 0 Å². The molecule has 92 valence electrons. The number of rotatable bonds is 3. The van der Waals surface area contributed by atoms with E-state index in [2.05, 4.69) is 13.8 Å². The molecule has 1 nitrogen and oxygen atoms in total. The Morgan fingerprint density at radius 2 is 1.81 bits per heavy atom. The molecule has 3 atom stereocenters. The van der Waals surface area contributed by atoms with Gasteiger partial charge >= 0.3 is 0 Å². The van der Waals surface area contributed by atoms with Gasteiger partial charge in [-0.1, -0.05) is 13.3 Å². The van der Waals surface area contributed by atoms with E-state index in [0.29, 0.717) is 6.04 Å². The lowest BCUT2D eigenvalue weighted by molar-refractivity contribution is -0.0999. The van der Waals surface area contributed by atoms with Crippen LogP contribution in [-0.4, -0.2) is 6.04 Å². The third-order valence-electron chi connectivity index (χ3n) is 5.99. The molecule has 16 heavy (non-hydrogen) atoms. The van der Waals surface area contributed by atoms with Crippen molar-refractivity contribution in [1.29, 1.82) is 0 Å². The van der Waals surface area contributed by atoms with Crippen molar-refractivity contribution in [3.05, 3.63) is 0 Å². The highest BCUT2D eigenvalue weighted by atomic mass is 14.6. The second-order valence-electron chi connectivity index (χ2n) is 7.20. The molecule has 0 aromatic heterocycles. The van der Waals surface area contributed by atoms with E-state index in [1.54, 1.807) is 6.42 Å². The summed E-state index contributed by atoms with van der Waals surface area (Å²) >= 11 is 0. The lowest BCUT2D eigenvalue weighted by Crippen LogP contribution is -2.51. The van der Waals surface area contributed by atoms with Gasteiger partial charge in [0.15, 0.2) is 0 Å². The van der Waals surface area contributed by atoms with Gasteiger partial charge < -0.3 is 5.73 Å². The summed E-state index contributed by atoms with van der Waals surface area (Å²) in [6.07, 6.45) is 10.4. The average Bonchev–Trinajstić information content (AvgIpc) is 2.22. The Bertz CT molecular complexity index is 255. The van der Waals surface area contributed by atoms with Gasteiger partial charge in [-0.05, 0) is 74.5 Å². The predicted molar refractivity (Wildman–Crippen MR) is 68.0 cm³/mol. The number of hydrogen-bond acceptors (Lipinski definition) is 1. The average molecular weight is 221 g/mol. The maximum Gasteiger partial charge on any atom is 0.00133 e. The second-order valence-corrected chi connectivity index (χ2v) is 7.20. The Morgan fingerprint density at radius 1 is 1.19 bits per heavy atom. The SMILES string of the molecule is CCC12CC3CC(C1)C(CC(C)N)C(C3)C2. The number of nitrogens with two attached hydrogens (primary N) is 1. The molecule has 0 heterocycles. The first-order valence-electron chi connectivity index (χ1n) is 7.37. The normalized spacial score (nSPS) is 51.9. The van der Waals surface area contributed by atoms with Crippen LogP contribution in [0.25, 0.3) is 0 Å². The summed E-state index contributed by atoms with van der Waals surface area (Å²) in [7, 11) is 0. The minimum atomic E-state index is 0.417. The van der Waals surface area contributed by atoms with Gasteiger partial charge in [-0.2, -0.15) is 0 Å². The van der Waals surface area contributed by atoms with Gasteiger partial charge in [0.1, 0.15) is 0 Å². The van der Waals surface area contributed by atoms with Crippen LogP contribution in [0, 0.1) is 29.1 Å². The first kappa shape index (κ1) is 11.1. The van der Waals surface area contributed by atoms with Crippen LogP contribution in [-0.2, 0) is 0 Å². The van der Waals surface area contributed by atoms with Gasteiger partial charge in [-0.3, -0.25) is 0 Å². The Balaban J connectivity index is 1.79. The fraction of sp³-hybridized carbons (Fsp3) is 1.00. The Labute approximate surface area is 100 Å². The van der Waals surface area contributed by atoms with E-state index in [0.717, 1.165) is 29.1 Å². The molecule has 4 aliphatic carbocycles. The fourth-order valence-electron chi connectivity index (χ4n) is 5.55. The van der Waals surface area contributed by atoms with E-state index in [9.17, 15) is 0 Å². The summed E-state index contributed by atoms with van der Waals surface area (Å²) in [5.41, 5.74) is 6.81. The molecule has 4 aliphatic rings.